The molecule has 0 amide bonds. The lowest BCUT2D eigenvalue weighted by Gasteiger charge is -2.04. The molecule has 1 nitrogen and oxygen atoms in total. The van der Waals surface area contributed by atoms with Gasteiger partial charge in [-0.05, 0) is 24.6 Å². The Hall–Kier alpha value is 0.01000. The van der Waals surface area contributed by atoms with E-state index in [0.717, 1.165) is 16.0 Å². The zero-order valence-corrected chi connectivity index (χ0v) is 10.1. The lowest BCUT2D eigenvalue weighted by Crippen LogP contribution is -2.17. The molecule has 1 aromatic rings. The standard InChI is InChI=1S/C10H14BrNS/c1-8(12)6-13-7-9-2-4-10(11)5-3-9/h2-5,8H,6-7,12H2,1H3. The predicted octanol–water partition coefficient (Wildman–Crippen LogP) is 3.03. The normalized spacial score (nSPS) is 12.8. The molecule has 13 heavy (non-hydrogen) atoms. The Morgan fingerprint density at radius 3 is 2.54 bits per heavy atom. The van der Waals surface area contributed by atoms with Crippen LogP contribution in [0.2, 0.25) is 0 Å². The van der Waals surface area contributed by atoms with E-state index < -0.39 is 0 Å². The zero-order valence-electron chi connectivity index (χ0n) is 7.66. The van der Waals surface area contributed by atoms with Gasteiger partial charge in [-0.2, -0.15) is 11.8 Å². The van der Waals surface area contributed by atoms with Gasteiger partial charge in [0.25, 0.3) is 0 Å². The van der Waals surface area contributed by atoms with E-state index >= 15 is 0 Å². The fourth-order valence-electron chi connectivity index (χ4n) is 0.943. The zero-order chi connectivity index (χ0) is 9.68. The highest BCUT2D eigenvalue weighted by Crippen LogP contribution is 2.15. The van der Waals surface area contributed by atoms with Gasteiger partial charge in [0, 0.05) is 22.0 Å². The Balaban J connectivity index is 2.33. The van der Waals surface area contributed by atoms with Crippen LogP contribution in [0, 0.1) is 0 Å². The van der Waals surface area contributed by atoms with Crippen LogP contribution in [0.5, 0.6) is 0 Å². The van der Waals surface area contributed by atoms with Gasteiger partial charge in [-0.1, -0.05) is 28.1 Å². The summed E-state index contributed by atoms with van der Waals surface area (Å²) in [5, 5.41) is 0. The number of halogens is 1. The summed E-state index contributed by atoms with van der Waals surface area (Å²) >= 11 is 5.29. The van der Waals surface area contributed by atoms with Crippen molar-refractivity contribution in [3.05, 3.63) is 34.3 Å². The third-order valence-electron chi connectivity index (χ3n) is 1.56. The smallest absolute Gasteiger partial charge is 0.0185 e. The van der Waals surface area contributed by atoms with E-state index in [2.05, 4.69) is 40.2 Å². The summed E-state index contributed by atoms with van der Waals surface area (Å²) in [4.78, 5) is 0. The summed E-state index contributed by atoms with van der Waals surface area (Å²) in [5.74, 6) is 2.07. The fourth-order valence-corrected chi connectivity index (χ4v) is 2.13. The molecule has 0 heterocycles. The van der Waals surface area contributed by atoms with Crippen LogP contribution in [0.3, 0.4) is 0 Å². The van der Waals surface area contributed by atoms with Gasteiger partial charge in [-0.15, -0.1) is 0 Å². The van der Waals surface area contributed by atoms with Gasteiger partial charge in [0.2, 0.25) is 0 Å². The van der Waals surface area contributed by atoms with E-state index in [1.807, 2.05) is 18.7 Å². The van der Waals surface area contributed by atoms with E-state index in [0.29, 0.717) is 6.04 Å². The molecule has 0 radical (unpaired) electrons. The summed E-state index contributed by atoms with van der Waals surface area (Å²) in [6.45, 7) is 2.04. The minimum absolute atomic E-state index is 0.292. The van der Waals surface area contributed by atoms with Gasteiger partial charge in [0.15, 0.2) is 0 Å². The minimum Gasteiger partial charge on any atom is -0.327 e. The summed E-state index contributed by atoms with van der Waals surface area (Å²) in [6.07, 6.45) is 0. The summed E-state index contributed by atoms with van der Waals surface area (Å²) in [6, 6.07) is 8.71. The molecule has 72 valence electrons. The lowest BCUT2D eigenvalue weighted by atomic mass is 10.2. The molecule has 2 N–H and O–H groups in total. The molecule has 0 aromatic heterocycles. The third kappa shape index (κ3) is 4.69. The number of rotatable bonds is 4. The fraction of sp³-hybridized carbons (Fsp3) is 0.400. The van der Waals surface area contributed by atoms with E-state index in [-0.39, 0.29) is 0 Å². The number of benzene rings is 1. The Kier molecular flexibility index (Phi) is 4.84. The van der Waals surface area contributed by atoms with Crippen LogP contribution in [-0.4, -0.2) is 11.8 Å². The average Bonchev–Trinajstić information content (AvgIpc) is 2.08. The van der Waals surface area contributed by atoms with Gasteiger partial charge in [0.05, 0.1) is 0 Å². The molecule has 3 heteroatoms. The van der Waals surface area contributed by atoms with Crippen molar-refractivity contribution in [1.29, 1.82) is 0 Å². The van der Waals surface area contributed by atoms with Gasteiger partial charge in [0.1, 0.15) is 0 Å². The third-order valence-corrected chi connectivity index (χ3v) is 3.39. The molecule has 1 rings (SSSR count). The second-order valence-electron chi connectivity index (χ2n) is 3.12. The molecule has 0 saturated heterocycles. The van der Waals surface area contributed by atoms with E-state index in [1.165, 1.54) is 5.56 Å². The lowest BCUT2D eigenvalue weighted by molar-refractivity contribution is 0.847. The molecule has 0 aliphatic carbocycles. The molecule has 1 aromatic carbocycles. The molecular weight excluding hydrogens is 246 g/mol. The summed E-state index contributed by atoms with van der Waals surface area (Å²) in [5.41, 5.74) is 7.01. The van der Waals surface area contributed by atoms with Gasteiger partial charge in [-0.25, -0.2) is 0 Å². The number of hydrogen-bond donors (Lipinski definition) is 1. The SMILES string of the molecule is CC(N)CSCc1ccc(Br)cc1. The molecule has 1 unspecified atom stereocenters. The Morgan fingerprint density at radius 1 is 1.38 bits per heavy atom. The Morgan fingerprint density at radius 2 is 2.00 bits per heavy atom. The Bertz CT molecular complexity index is 246. The molecule has 0 aliphatic heterocycles. The van der Waals surface area contributed by atoms with E-state index in [4.69, 9.17) is 5.73 Å². The number of thioether (sulfide) groups is 1. The van der Waals surface area contributed by atoms with Crippen molar-refractivity contribution in [1.82, 2.24) is 0 Å². The van der Waals surface area contributed by atoms with Crippen LogP contribution in [0.4, 0.5) is 0 Å². The first kappa shape index (κ1) is 11.1. The predicted molar refractivity (Wildman–Crippen MR) is 64.0 cm³/mol. The highest BCUT2D eigenvalue weighted by Gasteiger charge is 1.96. The quantitative estimate of drug-likeness (QED) is 0.900. The topological polar surface area (TPSA) is 26.0 Å². The van der Waals surface area contributed by atoms with Crippen LogP contribution < -0.4 is 5.73 Å². The number of nitrogens with two attached hydrogens (primary N) is 1. The molecular formula is C10H14BrNS. The van der Waals surface area contributed by atoms with Crippen LogP contribution in [0.25, 0.3) is 0 Å². The maximum Gasteiger partial charge on any atom is 0.0185 e. The molecule has 0 bridgehead atoms. The maximum absolute atomic E-state index is 5.65. The first-order valence-electron chi connectivity index (χ1n) is 4.26. The van der Waals surface area contributed by atoms with Crippen molar-refractivity contribution < 1.29 is 0 Å². The second-order valence-corrected chi connectivity index (χ2v) is 5.06. The monoisotopic (exact) mass is 259 g/mol. The van der Waals surface area contributed by atoms with Gasteiger partial charge < -0.3 is 5.73 Å². The van der Waals surface area contributed by atoms with Crippen molar-refractivity contribution >= 4 is 27.7 Å². The Labute approximate surface area is 92.2 Å². The number of hydrogen-bond acceptors (Lipinski definition) is 2. The summed E-state index contributed by atoms with van der Waals surface area (Å²) < 4.78 is 1.13. The maximum atomic E-state index is 5.65. The van der Waals surface area contributed by atoms with Crippen LogP contribution in [0.1, 0.15) is 12.5 Å². The highest BCUT2D eigenvalue weighted by molar-refractivity contribution is 9.10. The summed E-state index contributed by atoms with van der Waals surface area (Å²) in [7, 11) is 0. The van der Waals surface area contributed by atoms with Gasteiger partial charge >= 0.3 is 0 Å². The average molecular weight is 260 g/mol. The molecule has 0 fully saturated rings. The van der Waals surface area contributed by atoms with Crippen molar-refractivity contribution in [3.63, 3.8) is 0 Å². The van der Waals surface area contributed by atoms with Crippen molar-refractivity contribution in [2.75, 3.05) is 5.75 Å². The first-order valence-corrected chi connectivity index (χ1v) is 6.21. The van der Waals surface area contributed by atoms with Crippen LogP contribution in [-0.2, 0) is 5.75 Å². The first-order chi connectivity index (χ1) is 6.18. The highest BCUT2D eigenvalue weighted by atomic mass is 79.9. The molecule has 0 saturated carbocycles. The molecule has 1 atom stereocenters. The van der Waals surface area contributed by atoms with Gasteiger partial charge in [-0.3, -0.25) is 0 Å². The molecule has 0 aliphatic rings. The van der Waals surface area contributed by atoms with Crippen molar-refractivity contribution in [3.8, 4) is 0 Å². The molecule has 0 spiro atoms. The largest absolute Gasteiger partial charge is 0.327 e. The van der Waals surface area contributed by atoms with Crippen LogP contribution >= 0.6 is 27.7 Å². The van der Waals surface area contributed by atoms with Crippen LogP contribution in [0.15, 0.2) is 28.7 Å². The minimum atomic E-state index is 0.292. The van der Waals surface area contributed by atoms with Crippen molar-refractivity contribution in [2.45, 2.75) is 18.7 Å². The second kappa shape index (κ2) is 5.68. The van der Waals surface area contributed by atoms with E-state index in [9.17, 15) is 0 Å². The van der Waals surface area contributed by atoms with E-state index in [1.54, 1.807) is 0 Å². The van der Waals surface area contributed by atoms with Crippen molar-refractivity contribution in [2.24, 2.45) is 5.73 Å².